The molecular formula is C27H17F4N5O3. The number of ether oxygens (including phenoxy) is 1. The Kier molecular flexibility index (Phi) is 6.91. The first-order valence-corrected chi connectivity index (χ1v) is 11.3. The van der Waals surface area contributed by atoms with E-state index in [9.17, 15) is 22.4 Å². The minimum Gasteiger partial charge on any atom is -0.456 e. The number of hydrogen-bond acceptors (Lipinski definition) is 7. The molecule has 6 rings (SSSR count). The van der Waals surface area contributed by atoms with Gasteiger partial charge >= 0.3 is 6.61 Å². The van der Waals surface area contributed by atoms with Crippen LogP contribution in [0.4, 0.5) is 23.4 Å². The van der Waals surface area contributed by atoms with Crippen LogP contribution in [-0.4, -0.2) is 26.8 Å². The number of nitrogens with one attached hydrogen (secondary N) is 1. The number of aromatic nitrogens is 4. The molecule has 196 valence electrons. The lowest BCUT2D eigenvalue weighted by atomic mass is 10.1. The Balaban J connectivity index is 0.000000160. The van der Waals surface area contributed by atoms with Crippen LogP contribution in [0.25, 0.3) is 44.6 Å². The second-order valence-corrected chi connectivity index (χ2v) is 8.06. The Morgan fingerprint density at radius 2 is 1.67 bits per heavy atom. The van der Waals surface area contributed by atoms with Crippen LogP contribution in [0, 0.1) is 11.6 Å². The maximum Gasteiger partial charge on any atom is 0.387 e. The van der Waals surface area contributed by atoms with Gasteiger partial charge in [-0.05, 0) is 54.6 Å². The smallest absolute Gasteiger partial charge is 0.387 e. The number of hydrogen-bond donors (Lipinski definition) is 2. The van der Waals surface area contributed by atoms with Crippen LogP contribution in [0.1, 0.15) is 0 Å². The van der Waals surface area contributed by atoms with Crippen molar-refractivity contribution in [3.63, 3.8) is 0 Å². The van der Waals surface area contributed by atoms with Crippen LogP contribution < -0.4 is 15.9 Å². The summed E-state index contributed by atoms with van der Waals surface area (Å²) in [6, 6.07) is 17.9. The van der Waals surface area contributed by atoms with E-state index in [1.54, 1.807) is 36.4 Å². The predicted molar refractivity (Wildman–Crippen MR) is 136 cm³/mol. The largest absolute Gasteiger partial charge is 0.456 e. The zero-order valence-corrected chi connectivity index (χ0v) is 19.7. The third kappa shape index (κ3) is 5.39. The fourth-order valence-electron chi connectivity index (χ4n) is 3.80. The van der Waals surface area contributed by atoms with Gasteiger partial charge in [-0.15, -0.1) is 0 Å². The maximum atomic E-state index is 13.7. The van der Waals surface area contributed by atoms with Gasteiger partial charge < -0.3 is 14.9 Å². The maximum absolute atomic E-state index is 13.7. The fraction of sp³-hybridized carbons (Fsp3) is 0.0370. The van der Waals surface area contributed by atoms with E-state index >= 15 is 0 Å². The average Bonchev–Trinajstić information content (AvgIpc) is 3.36. The summed E-state index contributed by atoms with van der Waals surface area (Å²) in [7, 11) is 0. The highest BCUT2D eigenvalue weighted by atomic mass is 19.3. The first kappa shape index (κ1) is 25.4. The van der Waals surface area contributed by atoms with Crippen molar-refractivity contribution in [2.75, 3.05) is 5.73 Å². The summed E-state index contributed by atoms with van der Waals surface area (Å²) < 4.78 is 60.5. The monoisotopic (exact) mass is 535 g/mol. The molecule has 0 atom stereocenters. The summed E-state index contributed by atoms with van der Waals surface area (Å²) in [6.45, 7) is -3.10. The quantitative estimate of drug-likeness (QED) is 0.268. The van der Waals surface area contributed by atoms with Crippen molar-refractivity contribution in [2.24, 2.45) is 0 Å². The number of aromatic amines is 1. The average molecular weight is 535 g/mol. The van der Waals surface area contributed by atoms with E-state index in [-0.39, 0.29) is 17.1 Å². The molecular weight excluding hydrogens is 518 g/mol. The molecule has 0 radical (unpaired) electrons. The van der Waals surface area contributed by atoms with E-state index in [0.717, 1.165) is 12.1 Å². The van der Waals surface area contributed by atoms with Gasteiger partial charge in [0.2, 0.25) is 0 Å². The number of nitrogens with zero attached hydrogens (tertiary/aromatic N) is 3. The number of halogens is 4. The Bertz CT molecular complexity index is 1840. The molecule has 0 spiro atoms. The molecule has 0 unspecified atom stereocenters. The van der Waals surface area contributed by atoms with Crippen LogP contribution in [0.5, 0.6) is 5.75 Å². The van der Waals surface area contributed by atoms with Crippen LogP contribution in [0.3, 0.4) is 0 Å². The molecule has 8 nitrogen and oxygen atoms in total. The lowest BCUT2D eigenvalue weighted by molar-refractivity contribution is -0.0521. The van der Waals surface area contributed by atoms with Crippen molar-refractivity contribution in [3.05, 3.63) is 101 Å². The number of benzene rings is 3. The molecule has 3 aromatic carbocycles. The number of rotatable bonds is 4. The second-order valence-electron chi connectivity index (χ2n) is 8.06. The summed E-state index contributed by atoms with van der Waals surface area (Å²) in [5.74, 6) is -1.16. The van der Waals surface area contributed by atoms with Crippen molar-refractivity contribution in [1.29, 1.82) is 0 Å². The number of para-hydroxylation sites is 1. The molecule has 0 fully saturated rings. The Labute approximate surface area is 216 Å². The van der Waals surface area contributed by atoms with E-state index in [0.29, 0.717) is 44.6 Å². The van der Waals surface area contributed by atoms with Gasteiger partial charge in [0.25, 0.3) is 0 Å². The Hall–Kier alpha value is -5.26. The van der Waals surface area contributed by atoms with Gasteiger partial charge in [0.15, 0.2) is 22.6 Å². The molecule has 0 aliphatic rings. The summed E-state index contributed by atoms with van der Waals surface area (Å²) in [6.07, 6.45) is 1.25. The molecule has 0 bridgehead atoms. The van der Waals surface area contributed by atoms with Crippen molar-refractivity contribution >= 4 is 27.8 Å². The van der Waals surface area contributed by atoms with Gasteiger partial charge in [0, 0.05) is 17.2 Å². The fourth-order valence-corrected chi connectivity index (χ4v) is 3.80. The van der Waals surface area contributed by atoms with Gasteiger partial charge in [-0.2, -0.15) is 13.9 Å². The molecule has 0 aliphatic heterocycles. The Morgan fingerprint density at radius 1 is 0.923 bits per heavy atom. The summed E-state index contributed by atoms with van der Waals surface area (Å²) in [4.78, 5) is 19.7. The summed E-state index contributed by atoms with van der Waals surface area (Å²) in [5.41, 5.74) is 7.93. The van der Waals surface area contributed by atoms with Crippen molar-refractivity contribution in [3.8, 4) is 28.3 Å². The molecule has 6 aromatic rings. The van der Waals surface area contributed by atoms with E-state index in [2.05, 4.69) is 24.9 Å². The SMILES string of the molecule is Nc1ncnc2n[nH]c(-c3ccc(OC(F)F)c(F)c3)c12.O=c1cc(-c2ccc(F)cc2)oc2ccccc12. The summed E-state index contributed by atoms with van der Waals surface area (Å²) >= 11 is 0. The number of alkyl halides is 2. The van der Waals surface area contributed by atoms with Gasteiger partial charge in [-0.25, -0.2) is 18.7 Å². The second kappa shape index (κ2) is 10.6. The molecule has 3 N–H and O–H groups in total. The standard InChI is InChI=1S/C15H9FO2.C12H8F3N5O/c16-11-7-5-10(6-8-11)15-9-13(17)12-3-1-2-4-14(12)18-15;13-6-3-5(1-2-7(6)21-12(14)15)9-8-10(16)17-4-18-11(8)20-19-9/h1-9H;1-4,12H,(H3,16,17,18,19,20). The van der Waals surface area contributed by atoms with Gasteiger partial charge in [0.05, 0.1) is 16.5 Å². The molecule has 3 aromatic heterocycles. The number of nitrogen functional groups attached to an aromatic ring is 1. The van der Waals surface area contributed by atoms with E-state index < -0.39 is 18.2 Å². The van der Waals surface area contributed by atoms with E-state index in [4.69, 9.17) is 10.2 Å². The normalized spacial score (nSPS) is 11.0. The van der Waals surface area contributed by atoms with Crippen LogP contribution in [0.15, 0.2) is 88.3 Å². The lowest BCUT2D eigenvalue weighted by Crippen LogP contribution is -2.03. The predicted octanol–water partition coefficient (Wildman–Crippen LogP) is 5.94. The molecule has 0 amide bonds. The zero-order chi connectivity index (χ0) is 27.5. The molecule has 39 heavy (non-hydrogen) atoms. The highest BCUT2D eigenvalue weighted by molar-refractivity contribution is 5.97. The molecule has 12 heteroatoms. The molecule has 0 aliphatic carbocycles. The third-order valence-electron chi connectivity index (χ3n) is 5.58. The number of anilines is 1. The van der Waals surface area contributed by atoms with Gasteiger partial charge in [0.1, 0.15) is 29.3 Å². The van der Waals surface area contributed by atoms with Crippen LogP contribution in [0.2, 0.25) is 0 Å². The minimum atomic E-state index is -3.10. The van der Waals surface area contributed by atoms with Gasteiger partial charge in [-0.3, -0.25) is 9.89 Å². The highest BCUT2D eigenvalue weighted by Gasteiger charge is 2.16. The van der Waals surface area contributed by atoms with E-state index in [1.807, 2.05) is 0 Å². The van der Waals surface area contributed by atoms with Crippen molar-refractivity contribution < 1.29 is 26.7 Å². The highest BCUT2D eigenvalue weighted by Crippen LogP contribution is 2.31. The topological polar surface area (TPSA) is 120 Å². The number of nitrogens with two attached hydrogens (primary N) is 1. The van der Waals surface area contributed by atoms with Crippen LogP contribution in [-0.2, 0) is 0 Å². The number of H-pyrrole nitrogens is 1. The first-order valence-electron chi connectivity index (χ1n) is 11.3. The van der Waals surface area contributed by atoms with Crippen LogP contribution >= 0.6 is 0 Å². The molecule has 3 heterocycles. The van der Waals surface area contributed by atoms with Crippen molar-refractivity contribution in [2.45, 2.75) is 6.61 Å². The molecule has 0 saturated heterocycles. The zero-order valence-electron chi connectivity index (χ0n) is 19.7. The van der Waals surface area contributed by atoms with Crippen molar-refractivity contribution in [1.82, 2.24) is 20.2 Å². The Morgan fingerprint density at radius 3 is 2.41 bits per heavy atom. The molecule has 0 saturated carbocycles. The van der Waals surface area contributed by atoms with E-state index in [1.165, 1.54) is 30.6 Å². The number of fused-ring (bicyclic) bond motifs is 2. The van der Waals surface area contributed by atoms with Gasteiger partial charge in [-0.1, -0.05) is 12.1 Å². The summed E-state index contributed by atoms with van der Waals surface area (Å²) in [5, 5.41) is 7.57. The lowest BCUT2D eigenvalue weighted by Gasteiger charge is -2.07. The third-order valence-corrected chi connectivity index (χ3v) is 5.58. The first-order chi connectivity index (χ1) is 18.8. The minimum absolute atomic E-state index is 0.101.